The summed E-state index contributed by atoms with van der Waals surface area (Å²) in [6, 6.07) is 10.5. The SMILES string of the molecule is CC(C)N(N=NC1=C(c2ccccc2)C(=O)C12CCCCC2)C(C)C. The van der Waals surface area contributed by atoms with E-state index in [4.69, 9.17) is 0 Å². The van der Waals surface area contributed by atoms with Crippen LogP contribution in [0.25, 0.3) is 5.57 Å². The molecule has 0 saturated heterocycles. The molecule has 2 aliphatic rings. The van der Waals surface area contributed by atoms with E-state index in [9.17, 15) is 4.79 Å². The van der Waals surface area contributed by atoms with Crippen LogP contribution in [0.4, 0.5) is 0 Å². The van der Waals surface area contributed by atoms with Crippen LogP contribution < -0.4 is 0 Å². The number of Topliss-reactive ketones (excluding diaryl/α,β-unsaturated/α-hetero) is 1. The van der Waals surface area contributed by atoms with Crippen molar-refractivity contribution in [3.8, 4) is 0 Å². The highest BCUT2D eigenvalue weighted by atomic mass is 16.1. The van der Waals surface area contributed by atoms with Gasteiger partial charge in [-0.15, -0.1) is 5.11 Å². The quantitative estimate of drug-likeness (QED) is 0.531. The van der Waals surface area contributed by atoms with Gasteiger partial charge in [0.05, 0.1) is 16.7 Å². The summed E-state index contributed by atoms with van der Waals surface area (Å²) in [5.74, 6) is 0.271. The van der Waals surface area contributed by atoms with Gasteiger partial charge < -0.3 is 0 Å². The Balaban J connectivity index is 2.02. The number of nitrogens with zero attached hydrogens (tertiary/aromatic N) is 3. The predicted octanol–water partition coefficient (Wildman–Crippen LogP) is 5.42. The molecule has 1 saturated carbocycles. The van der Waals surface area contributed by atoms with Gasteiger partial charge in [-0.25, -0.2) is 0 Å². The Hall–Kier alpha value is -1.97. The number of carbonyl (C=O) groups excluding carboxylic acids is 1. The summed E-state index contributed by atoms with van der Waals surface area (Å²) >= 11 is 0. The predicted molar refractivity (Wildman–Crippen MR) is 101 cm³/mol. The molecular weight excluding hydrogens is 310 g/mol. The van der Waals surface area contributed by atoms with Crippen LogP contribution in [0.5, 0.6) is 0 Å². The highest BCUT2D eigenvalue weighted by Gasteiger charge is 2.54. The number of ketones is 1. The standard InChI is InChI=1S/C21H29N3O/c1-15(2)24(16(3)4)23-22-19-18(17-11-7-5-8-12-17)20(25)21(19)13-9-6-10-14-21/h5,7-8,11-12,15-16H,6,9-10,13-14H2,1-4H3. The number of benzene rings is 1. The topological polar surface area (TPSA) is 45.0 Å². The molecule has 0 bridgehead atoms. The minimum atomic E-state index is -0.382. The summed E-state index contributed by atoms with van der Waals surface area (Å²) < 4.78 is 0. The lowest BCUT2D eigenvalue weighted by molar-refractivity contribution is -0.125. The second kappa shape index (κ2) is 7.11. The van der Waals surface area contributed by atoms with Crippen LogP contribution in [0.15, 0.2) is 46.4 Å². The number of rotatable bonds is 5. The van der Waals surface area contributed by atoms with Crippen molar-refractivity contribution in [1.29, 1.82) is 0 Å². The highest BCUT2D eigenvalue weighted by Crippen LogP contribution is 2.56. The summed E-state index contributed by atoms with van der Waals surface area (Å²) in [4.78, 5) is 13.1. The normalized spacial score (nSPS) is 20.0. The molecule has 0 heterocycles. The summed E-state index contributed by atoms with van der Waals surface area (Å²) in [5, 5.41) is 11.2. The number of allylic oxidation sites excluding steroid dienone is 2. The third-order valence-electron chi connectivity index (χ3n) is 5.43. The van der Waals surface area contributed by atoms with Crippen LogP contribution >= 0.6 is 0 Å². The highest BCUT2D eigenvalue weighted by molar-refractivity contribution is 6.32. The molecule has 0 aliphatic heterocycles. The van der Waals surface area contributed by atoms with Gasteiger partial charge in [0, 0.05) is 12.1 Å². The first-order valence-corrected chi connectivity index (χ1v) is 9.52. The minimum absolute atomic E-state index is 0.271. The monoisotopic (exact) mass is 339 g/mol. The molecule has 1 aromatic carbocycles. The first-order valence-electron chi connectivity index (χ1n) is 9.52. The molecular formula is C21H29N3O. The van der Waals surface area contributed by atoms with E-state index in [2.05, 4.69) is 38.0 Å². The number of hydrogen-bond donors (Lipinski definition) is 0. The Morgan fingerprint density at radius 1 is 0.960 bits per heavy atom. The number of carbonyl (C=O) groups is 1. The van der Waals surface area contributed by atoms with Gasteiger partial charge in [-0.1, -0.05) is 54.8 Å². The van der Waals surface area contributed by atoms with E-state index in [1.807, 2.05) is 35.3 Å². The molecule has 0 amide bonds. The summed E-state index contributed by atoms with van der Waals surface area (Å²) in [5.41, 5.74) is 2.28. The molecule has 4 nitrogen and oxygen atoms in total. The van der Waals surface area contributed by atoms with E-state index in [0.29, 0.717) is 0 Å². The van der Waals surface area contributed by atoms with E-state index in [1.54, 1.807) is 0 Å². The Labute approximate surface area is 151 Å². The van der Waals surface area contributed by atoms with Crippen molar-refractivity contribution in [2.24, 2.45) is 15.8 Å². The lowest BCUT2D eigenvalue weighted by atomic mass is 9.58. The maximum atomic E-state index is 13.1. The lowest BCUT2D eigenvalue weighted by Crippen LogP contribution is -2.44. The maximum Gasteiger partial charge on any atom is 0.177 e. The van der Waals surface area contributed by atoms with E-state index < -0.39 is 0 Å². The van der Waals surface area contributed by atoms with Gasteiger partial charge in [0.2, 0.25) is 0 Å². The first kappa shape index (κ1) is 17.8. The molecule has 0 radical (unpaired) electrons. The molecule has 2 aliphatic carbocycles. The van der Waals surface area contributed by atoms with Crippen LogP contribution in [0.3, 0.4) is 0 Å². The van der Waals surface area contributed by atoms with Gasteiger partial charge in [0.15, 0.2) is 5.78 Å². The third kappa shape index (κ3) is 3.14. The van der Waals surface area contributed by atoms with E-state index in [1.165, 1.54) is 6.42 Å². The van der Waals surface area contributed by atoms with Gasteiger partial charge >= 0.3 is 0 Å². The third-order valence-corrected chi connectivity index (χ3v) is 5.43. The fraction of sp³-hybridized carbons (Fsp3) is 0.571. The van der Waals surface area contributed by atoms with Gasteiger partial charge in [0.25, 0.3) is 0 Å². The summed E-state index contributed by atoms with van der Waals surface area (Å²) in [6.45, 7) is 8.48. The van der Waals surface area contributed by atoms with E-state index in [-0.39, 0.29) is 23.3 Å². The second-order valence-electron chi connectivity index (χ2n) is 7.82. The lowest BCUT2D eigenvalue weighted by Gasteiger charge is -2.44. The zero-order valence-corrected chi connectivity index (χ0v) is 15.8. The van der Waals surface area contributed by atoms with Crippen LogP contribution in [-0.2, 0) is 4.79 Å². The largest absolute Gasteiger partial charge is 0.293 e. The van der Waals surface area contributed by atoms with Crippen molar-refractivity contribution in [2.75, 3.05) is 0 Å². The molecule has 3 rings (SSSR count). The second-order valence-corrected chi connectivity index (χ2v) is 7.82. The molecule has 1 spiro atoms. The van der Waals surface area contributed by atoms with Crippen LogP contribution in [0, 0.1) is 5.41 Å². The van der Waals surface area contributed by atoms with E-state index in [0.717, 1.165) is 42.5 Å². The minimum Gasteiger partial charge on any atom is -0.293 e. The molecule has 25 heavy (non-hydrogen) atoms. The Kier molecular flexibility index (Phi) is 5.07. The fourth-order valence-corrected chi connectivity index (χ4v) is 4.17. The zero-order chi connectivity index (χ0) is 18.0. The average molecular weight is 339 g/mol. The fourth-order valence-electron chi connectivity index (χ4n) is 4.17. The first-order chi connectivity index (χ1) is 12.0. The van der Waals surface area contributed by atoms with Crippen molar-refractivity contribution >= 4 is 11.4 Å². The molecule has 134 valence electrons. The van der Waals surface area contributed by atoms with Gasteiger partial charge in [0.1, 0.15) is 0 Å². The summed E-state index contributed by atoms with van der Waals surface area (Å²) in [7, 11) is 0. The van der Waals surface area contributed by atoms with Crippen molar-refractivity contribution in [1.82, 2.24) is 5.01 Å². The van der Waals surface area contributed by atoms with Crippen LogP contribution in [0.2, 0.25) is 0 Å². The molecule has 4 heteroatoms. The summed E-state index contributed by atoms with van der Waals surface area (Å²) in [6.07, 6.45) is 5.25. The number of hydrogen-bond acceptors (Lipinski definition) is 3. The zero-order valence-electron chi connectivity index (χ0n) is 15.8. The molecule has 0 atom stereocenters. The van der Waals surface area contributed by atoms with Crippen molar-refractivity contribution in [2.45, 2.75) is 71.9 Å². The van der Waals surface area contributed by atoms with Crippen molar-refractivity contribution in [3.63, 3.8) is 0 Å². The maximum absolute atomic E-state index is 13.1. The molecule has 0 unspecified atom stereocenters. The smallest absolute Gasteiger partial charge is 0.177 e. The van der Waals surface area contributed by atoms with Gasteiger partial charge in [-0.05, 0) is 46.1 Å². The molecule has 1 fully saturated rings. The van der Waals surface area contributed by atoms with Gasteiger partial charge in [-0.2, -0.15) is 0 Å². The van der Waals surface area contributed by atoms with Crippen LogP contribution in [-0.4, -0.2) is 22.9 Å². The average Bonchev–Trinajstić information content (AvgIpc) is 2.61. The van der Waals surface area contributed by atoms with Crippen molar-refractivity contribution in [3.05, 3.63) is 41.6 Å². The van der Waals surface area contributed by atoms with Crippen LogP contribution in [0.1, 0.15) is 65.4 Å². The Morgan fingerprint density at radius 3 is 2.12 bits per heavy atom. The Morgan fingerprint density at radius 2 is 1.56 bits per heavy atom. The van der Waals surface area contributed by atoms with E-state index >= 15 is 0 Å². The molecule has 0 N–H and O–H groups in total. The van der Waals surface area contributed by atoms with Crippen molar-refractivity contribution < 1.29 is 4.79 Å². The van der Waals surface area contributed by atoms with Gasteiger partial charge in [-0.3, -0.25) is 9.80 Å². The molecule has 0 aromatic heterocycles. The molecule has 1 aromatic rings. The Bertz CT molecular complexity index is 674.